The van der Waals surface area contributed by atoms with Gasteiger partial charge in [-0.3, -0.25) is 9.59 Å². The molecule has 2 N–H and O–H groups in total. The van der Waals surface area contributed by atoms with Crippen LogP contribution in [-0.2, 0) is 9.59 Å². The van der Waals surface area contributed by atoms with Crippen molar-refractivity contribution in [1.82, 2.24) is 10.2 Å². The molecule has 2 amide bonds. The number of aryl methyl sites for hydroxylation is 1. The van der Waals surface area contributed by atoms with Crippen molar-refractivity contribution in [3.05, 3.63) is 54.1 Å². The highest BCUT2D eigenvalue weighted by molar-refractivity contribution is 5.95. The molecule has 0 aromatic heterocycles. The van der Waals surface area contributed by atoms with E-state index in [2.05, 4.69) is 27.5 Å². The van der Waals surface area contributed by atoms with E-state index in [4.69, 9.17) is 4.74 Å². The van der Waals surface area contributed by atoms with Crippen LogP contribution in [-0.4, -0.2) is 63.1 Å². The van der Waals surface area contributed by atoms with Crippen LogP contribution in [0.3, 0.4) is 0 Å². The molecule has 1 aliphatic heterocycles. The number of hydrogen-bond donors (Lipinski definition) is 2. The molecule has 29 heavy (non-hydrogen) atoms. The summed E-state index contributed by atoms with van der Waals surface area (Å²) in [5.41, 5.74) is 3.04. The number of piperazine rings is 1. The Morgan fingerprint density at radius 2 is 1.72 bits per heavy atom. The summed E-state index contributed by atoms with van der Waals surface area (Å²) in [4.78, 5) is 28.7. The van der Waals surface area contributed by atoms with Gasteiger partial charge in [-0.1, -0.05) is 18.2 Å². The molecule has 0 radical (unpaired) electrons. The topological polar surface area (TPSA) is 73.9 Å². The zero-order valence-electron chi connectivity index (χ0n) is 17.0. The number of carbonyl (C=O) groups is 2. The molecule has 1 heterocycles. The second-order valence-corrected chi connectivity index (χ2v) is 7.22. The first-order chi connectivity index (χ1) is 14.0. The van der Waals surface area contributed by atoms with Crippen LogP contribution < -0.4 is 20.3 Å². The minimum atomic E-state index is -0.342. The van der Waals surface area contributed by atoms with Gasteiger partial charge in [0.25, 0.3) is 5.91 Å². The van der Waals surface area contributed by atoms with E-state index < -0.39 is 0 Å². The van der Waals surface area contributed by atoms with Crippen molar-refractivity contribution < 1.29 is 14.3 Å². The van der Waals surface area contributed by atoms with Crippen LogP contribution in [0.1, 0.15) is 5.56 Å². The Labute approximate surface area is 171 Å². The summed E-state index contributed by atoms with van der Waals surface area (Å²) in [6.07, 6.45) is 0. The Bertz CT molecular complexity index is 833. The normalized spacial score (nSPS) is 14.3. The molecule has 0 unspecified atom stereocenters. The smallest absolute Gasteiger partial charge is 0.258 e. The average Bonchev–Trinajstić information content (AvgIpc) is 2.72. The second-order valence-electron chi connectivity index (χ2n) is 7.22. The molecule has 1 saturated heterocycles. The van der Waals surface area contributed by atoms with Crippen LogP contribution in [0.25, 0.3) is 0 Å². The average molecular weight is 396 g/mol. The molecule has 1 fully saturated rings. The third-order valence-electron chi connectivity index (χ3n) is 4.88. The molecular formula is C22H28N4O3. The fourth-order valence-corrected chi connectivity index (χ4v) is 3.24. The van der Waals surface area contributed by atoms with Crippen molar-refractivity contribution in [2.24, 2.45) is 0 Å². The molecule has 0 bridgehead atoms. The lowest BCUT2D eigenvalue weighted by atomic mass is 10.1. The lowest BCUT2D eigenvalue weighted by Gasteiger charge is -2.35. The molecule has 2 aromatic rings. The summed E-state index contributed by atoms with van der Waals surface area (Å²) in [7, 11) is 2.13. The zero-order valence-corrected chi connectivity index (χ0v) is 17.0. The lowest BCUT2D eigenvalue weighted by Crippen LogP contribution is -2.44. The predicted octanol–water partition coefficient (Wildman–Crippen LogP) is 1.88. The van der Waals surface area contributed by atoms with E-state index in [-0.39, 0.29) is 25.0 Å². The van der Waals surface area contributed by atoms with Gasteiger partial charge in [0.1, 0.15) is 5.75 Å². The van der Waals surface area contributed by atoms with Gasteiger partial charge < -0.3 is 25.2 Å². The number of benzene rings is 2. The van der Waals surface area contributed by atoms with Gasteiger partial charge in [0.05, 0.1) is 6.54 Å². The highest BCUT2D eigenvalue weighted by atomic mass is 16.5. The Balaban J connectivity index is 1.44. The number of ether oxygens (including phenoxy) is 1. The number of amides is 2. The van der Waals surface area contributed by atoms with Gasteiger partial charge in [-0.05, 0) is 49.9 Å². The van der Waals surface area contributed by atoms with Gasteiger partial charge in [0, 0.05) is 37.6 Å². The standard InChI is InChI=1S/C22H28N4O3/c1-17-14-18(8-9-20(17)26-12-10-25(2)11-13-26)24-21(27)15-23-22(28)16-29-19-6-4-3-5-7-19/h3-9,14H,10-13,15-16H2,1-2H3,(H,23,28)(H,24,27). The fourth-order valence-electron chi connectivity index (χ4n) is 3.24. The van der Waals surface area contributed by atoms with E-state index in [0.717, 1.165) is 37.4 Å². The Hall–Kier alpha value is -3.06. The lowest BCUT2D eigenvalue weighted by molar-refractivity contribution is -0.125. The maximum Gasteiger partial charge on any atom is 0.258 e. The van der Waals surface area contributed by atoms with Crippen molar-refractivity contribution >= 4 is 23.2 Å². The first-order valence-electron chi connectivity index (χ1n) is 9.80. The van der Waals surface area contributed by atoms with E-state index >= 15 is 0 Å². The highest BCUT2D eigenvalue weighted by Crippen LogP contribution is 2.24. The van der Waals surface area contributed by atoms with Crippen LogP contribution in [0, 0.1) is 6.92 Å². The molecule has 2 aromatic carbocycles. The molecule has 3 rings (SSSR count). The van der Waals surface area contributed by atoms with Gasteiger partial charge in [0.2, 0.25) is 5.91 Å². The van der Waals surface area contributed by atoms with Crippen molar-refractivity contribution in [2.75, 3.05) is 56.6 Å². The van der Waals surface area contributed by atoms with Crippen molar-refractivity contribution in [1.29, 1.82) is 0 Å². The first kappa shape index (κ1) is 20.7. The summed E-state index contributed by atoms with van der Waals surface area (Å²) in [6, 6.07) is 15.0. The second kappa shape index (κ2) is 9.93. The Morgan fingerprint density at radius 1 is 1.00 bits per heavy atom. The summed E-state index contributed by atoms with van der Waals surface area (Å²) in [6.45, 7) is 5.91. The van der Waals surface area contributed by atoms with Crippen LogP contribution in [0.2, 0.25) is 0 Å². The van der Waals surface area contributed by atoms with Crippen LogP contribution in [0.4, 0.5) is 11.4 Å². The molecule has 7 nitrogen and oxygen atoms in total. The SMILES string of the molecule is Cc1cc(NC(=O)CNC(=O)COc2ccccc2)ccc1N1CCN(C)CC1. The van der Waals surface area contributed by atoms with E-state index in [9.17, 15) is 9.59 Å². The van der Waals surface area contributed by atoms with Gasteiger partial charge in [-0.2, -0.15) is 0 Å². The third kappa shape index (κ3) is 6.22. The first-order valence-corrected chi connectivity index (χ1v) is 9.80. The molecular weight excluding hydrogens is 368 g/mol. The van der Waals surface area contributed by atoms with Gasteiger partial charge in [-0.15, -0.1) is 0 Å². The van der Waals surface area contributed by atoms with Gasteiger partial charge in [0.15, 0.2) is 6.61 Å². The van der Waals surface area contributed by atoms with Crippen LogP contribution >= 0.6 is 0 Å². The monoisotopic (exact) mass is 396 g/mol. The van der Waals surface area contributed by atoms with Crippen molar-refractivity contribution in [2.45, 2.75) is 6.92 Å². The summed E-state index contributed by atoms with van der Waals surface area (Å²) in [5, 5.41) is 5.39. The van der Waals surface area contributed by atoms with E-state index in [1.807, 2.05) is 43.3 Å². The molecule has 0 aliphatic carbocycles. The predicted molar refractivity (Wildman–Crippen MR) is 114 cm³/mol. The number of carbonyl (C=O) groups excluding carboxylic acids is 2. The third-order valence-corrected chi connectivity index (χ3v) is 4.88. The molecule has 154 valence electrons. The maximum atomic E-state index is 12.1. The summed E-state index contributed by atoms with van der Waals surface area (Å²) in [5.74, 6) is -0.00146. The maximum absolute atomic E-state index is 12.1. The largest absolute Gasteiger partial charge is 0.484 e. The molecule has 0 spiro atoms. The minimum Gasteiger partial charge on any atom is -0.484 e. The summed E-state index contributed by atoms with van der Waals surface area (Å²) >= 11 is 0. The number of nitrogens with zero attached hydrogens (tertiary/aromatic N) is 2. The van der Waals surface area contributed by atoms with Crippen LogP contribution in [0.15, 0.2) is 48.5 Å². The van der Waals surface area contributed by atoms with Crippen molar-refractivity contribution in [3.8, 4) is 5.75 Å². The van der Waals surface area contributed by atoms with Crippen molar-refractivity contribution in [3.63, 3.8) is 0 Å². The van der Waals surface area contributed by atoms with E-state index in [1.165, 1.54) is 5.69 Å². The number of rotatable bonds is 7. The van der Waals surface area contributed by atoms with Gasteiger partial charge >= 0.3 is 0 Å². The molecule has 7 heteroatoms. The Morgan fingerprint density at radius 3 is 2.41 bits per heavy atom. The van der Waals surface area contributed by atoms with Crippen LogP contribution in [0.5, 0.6) is 5.75 Å². The minimum absolute atomic E-state index is 0.101. The Kier molecular flexibility index (Phi) is 7.08. The quantitative estimate of drug-likeness (QED) is 0.748. The fraction of sp³-hybridized carbons (Fsp3) is 0.364. The number of likely N-dealkylation sites (N-methyl/N-ethyl adjacent to an activating group) is 1. The number of hydrogen-bond acceptors (Lipinski definition) is 5. The molecule has 0 saturated carbocycles. The molecule has 1 aliphatic rings. The molecule has 0 atom stereocenters. The van der Waals surface area contributed by atoms with E-state index in [0.29, 0.717) is 5.75 Å². The number of para-hydroxylation sites is 1. The number of anilines is 2. The highest BCUT2D eigenvalue weighted by Gasteiger charge is 2.16. The number of nitrogens with one attached hydrogen (secondary N) is 2. The summed E-state index contributed by atoms with van der Waals surface area (Å²) < 4.78 is 5.36. The van der Waals surface area contributed by atoms with Gasteiger partial charge in [-0.25, -0.2) is 0 Å². The zero-order chi connectivity index (χ0) is 20.6. The van der Waals surface area contributed by atoms with E-state index in [1.54, 1.807) is 12.1 Å².